The fourth-order valence-corrected chi connectivity index (χ4v) is 2.39. The third kappa shape index (κ3) is 1.88. The standard InChI is InChI=1S/C12H13NOS/c1-13-15(2,14)12-8-7-10-5-3-4-6-11(10)9-12/h3-9H,1-2H3. The Hall–Kier alpha value is -1.35. The van der Waals surface area contributed by atoms with Gasteiger partial charge in [-0.1, -0.05) is 30.3 Å². The summed E-state index contributed by atoms with van der Waals surface area (Å²) in [4.78, 5) is 0.795. The van der Waals surface area contributed by atoms with Crippen LogP contribution in [0.1, 0.15) is 0 Å². The second kappa shape index (κ2) is 3.66. The summed E-state index contributed by atoms with van der Waals surface area (Å²) in [6.45, 7) is 0. The van der Waals surface area contributed by atoms with Crippen LogP contribution in [-0.4, -0.2) is 17.5 Å². The summed E-state index contributed by atoms with van der Waals surface area (Å²) in [5, 5.41) is 2.26. The van der Waals surface area contributed by atoms with Gasteiger partial charge in [0, 0.05) is 18.2 Å². The fraction of sp³-hybridized carbons (Fsp3) is 0.167. The molecule has 0 N–H and O–H groups in total. The Morgan fingerprint density at radius 2 is 1.73 bits per heavy atom. The van der Waals surface area contributed by atoms with Crippen molar-refractivity contribution in [1.29, 1.82) is 0 Å². The summed E-state index contributed by atoms with van der Waals surface area (Å²) in [6, 6.07) is 13.9. The number of hydrogen-bond donors (Lipinski definition) is 0. The molecule has 0 aliphatic carbocycles. The van der Waals surface area contributed by atoms with Gasteiger partial charge < -0.3 is 0 Å². The van der Waals surface area contributed by atoms with Crippen LogP contribution in [0, 0.1) is 0 Å². The van der Waals surface area contributed by atoms with Crippen molar-refractivity contribution < 1.29 is 4.21 Å². The molecule has 0 amide bonds. The van der Waals surface area contributed by atoms with Crippen LogP contribution in [0.2, 0.25) is 0 Å². The molecule has 0 spiro atoms. The molecule has 0 radical (unpaired) electrons. The maximum atomic E-state index is 12.0. The van der Waals surface area contributed by atoms with Crippen molar-refractivity contribution in [1.82, 2.24) is 0 Å². The van der Waals surface area contributed by atoms with Gasteiger partial charge in [0.2, 0.25) is 0 Å². The second-order valence-corrected chi connectivity index (χ2v) is 5.94. The minimum Gasteiger partial charge on any atom is -0.245 e. The third-order valence-corrected chi connectivity index (χ3v) is 4.33. The van der Waals surface area contributed by atoms with Gasteiger partial charge in [0.05, 0.1) is 9.73 Å². The monoisotopic (exact) mass is 219 g/mol. The molecular weight excluding hydrogens is 206 g/mol. The lowest BCUT2D eigenvalue weighted by molar-refractivity contribution is 0.680. The smallest absolute Gasteiger partial charge is 0.0720 e. The van der Waals surface area contributed by atoms with Gasteiger partial charge in [0.25, 0.3) is 0 Å². The van der Waals surface area contributed by atoms with Crippen molar-refractivity contribution in [2.45, 2.75) is 4.90 Å². The average Bonchev–Trinajstić information content (AvgIpc) is 2.28. The maximum Gasteiger partial charge on any atom is 0.0720 e. The summed E-state index contributed by atoms with van der Waals surface area (Å²) in [7, 11) is -0.620. The molecule has 0 aliphatic rings. The Labute approximate surface area is 90.1 Å². The molecule has 0 fully saturated rings. The normalized spacial score (nSPS) is 14.8. The van der Waals surface area contributed by atoms with Crippen LogP contribution in [-0.2, 0) is 9.73 Å². The van der Waals surface area contributed by atoms with Gasteiger partial charge in [0.15, 0.2) is 0 Å². The number of fused-ring (bicyclic) bond motifs is 1. The highest BCUT2D eigenvalue weighted by Crippen LogP contribution is 2.19. The van der Waals surface area contributed by atoms with Crippen molar-refractivity contribution in [3.8, 4) is 0 Å². The molecule has 0 heterocycles. The SMILES string of the molecule is CN=S(C)(=O)c1ccc2ccccc2c1. The molecule has 1 atom stereocenters. The summed E-state index contributed by atoms with van der Waals surface area (Å²) >= 11 is 0. The molecule has 0 aliphatic heterocycles. The van der Waals surface area contributed by atoms with Crippen LogP contribution in [0.4, 0.5) is 0 Å². The Kier molecular flexibility index (Phi) is 2.49. The molecule has 2 aromatic rings. The number of hydrogen-bond acceptors (Lipinski definition) is 2. The zero-order chi connectivity index (χ0) is 10.9. The summed E-state index contributed by atoms with van der Waals surface area (Å²) < 4.78 is 16.0. The van der Waals surface area contributed by atoms with E-state index in [-0.39, 0.29) is 0 Å². The molecule has 0 aromatic heterocycles. The molecule has 2 rings (SSSR count). The predicted octanol–water partition coefficient (Wildman–Crippen LogP) is 2.93. The third-order valence-electron chi connectivity index (χ3n) is 2.51. The van der Waals surface area contributed by atoms with Crippen LogP contribution >= 0.6 is 0 Å². The Morgan fingerprint density at radius 1 is 1.07 bits per heavy atom. The molecule has 2 nitrogen and oxygen atoms in total. The molecule has 1 unspecified atom stereocenters. The van der Waals surface area contributed by atoms with Gasteiger partial charge in [-0.2, -0.15) is 0 Å². The van der Waals surface area contributed by atoms with E-state index in [1.54, 1.807) is 13.3 Å². The zero-order valence-corrected chi connectivity index (χ0v) is 9.62. The van der Waals surface area contributed by atoms with E-state index in [9.17, 15) is 4.21 Å². The lowest BCUT2D eigenvalue weighted by Gasteiger charge is -2.04. The number of nitrogens with zero attached hydrogens (tertiary/aromatic N) is 1. The highest BCUT2D eigenvalue weighted by molar-refractivity contribution is 7.93. The van der Waals surface area contributed by atoms with Gasteiger partial charge >= 0.3 is 0 Å². The molecule has 78 valence electrons. The molecule has 0 saturated carbocycles. The molecule has 0 saturated heterocycles. The van der Waals surface area contributed by atoms with Gasteiger partial charge in [-0.25, -0.2) is 8.57 Å². The second-order valence-electron chi connectivity index (χ2n) is 3.49. The fourth-order valence-electron chi connectivity index (χ4n) is 1.51. The first kappa shape index (κ1) is 10.2. The van der Waals surface area contributed by atoms with E-state index in [0.29, 0.717) is 0 Å². The Morgan fingerprint density at radius 3 is 2.40 bits per heavy atom. The van der Waals surface area contributed by atoms with Crippen LogP contribution in [0.15, 0.2) is 51.7 Å². The van der Waals surface area contributed by atoms with E-state index >= 15 is 0 Å². The Balaban J connectivity index is 2.73. The summed E-state index contributed by atoms with van der Waals surface area (Å²) in [5.41, 5.74) is 0. The van der Waals surface area contributed by atoms with E-state index in [4.69, 9.17) is 0 Å². The quantitative estimate of drug-likeness (QED) is 0.725. The number of benzene rings is 2. The van der Waals surface area contributed by atoms with E-state index in [1.165, 1.54) is 0 Å². The van der Waals surface area contributed by atoms with Crippen LogP contribution in [0.25, 0.3) is 10.8 Å². The van der Waals surface area contributed by atoms with Gasteiger partial charge in [-0.3, -0.25) is 0 Å². The molecule has 2 aromatic carbocycles. The summed E-state index contributed by atoms with van der Waals surface area (Å²) in [6.07, 6.45) is 1.66. The first-order valence-electron chi connectivity index (χ1n) is 4.72. The highest BCUT2D eigenvalue weighted by atomic mass is 32.2. The van der Waals surface area contributed by atoms with Crippen molar-refractivity contribution >= 4 is 20.5 Å². The van der Waals surface area contributed by atoms with Gasteiger partial charge in [0.1, 0.15) is 0 Å². The first-order valence-corrected chi connectivity index (χ1v) is 6.65. The van der Waals surface area contributed by atoms with E-state index in [0.717, 1.165) is 15.7 Å². The predicted molar refractivity (Wildman–Crippen MR) is 64.6 cm³/mol. The Bertz CT molecular complexity index is 610. The summed E-state index contributed by atoms with van der Waals surface area (Å²) in [5.74, 6) is 0. The molecular formula is C12H13NOS. The molecule has 3 heteroatoms. The lowest BCUT2D eigenvalue weighted by atomic mass is 10.1. The number of rotatable bonds is 1. The molecule has 0 bridgehead atoms. The van der Waals surface area contributed by atoms with Crippen molar-refractivity contribution in [2.24, 2.45) is 4.36 Å². The molecule has 15 heavy (non-hydrogen) atoms. The van der Waals surface area contributed by atoms with Crippen molar-refractivity contribution in [3.05, 3.63) is 42.5 Å². The van der Waals surface area contributed by atoms with Crippen LogP contribution < -0.4 is 0 Å². The van der Waals surface area contributed by atoms with Crippen LogP contribution in [0.3, 0.4) is 0 Å². The largest absolute Gasteiger partial charge is 0.245 e. The maximum absolute atomic E-state index is 12.0. The van der Waals surface area contributed by atoms with E-state index < -0.39 is 9.73 Å². The topological polar surface area (TPSA) is 29.4 Å². The van der Waals surface area contributed by atoms with E-state index in [2.05, 4.69) is 4.36 Å². The van der Waals surface area contributed by atoms with Crippen LogP contribution in [0.5, 0.6) is 0 Å². The van der Waals surface area contributed by atoms with Gasteiger partial charge in [-0.05, 0) is 22.9 Å². The minimum absolute atomic E-state index is 0.795. The van der Waals surface area contributed by atoms with Crippen molar-refractivity contribution in [3.63, 3.8) is 0 Å². The van der Waals surface area contributed by atoms with E-state index in [1.807, 2.05) is 42.5 Å². The lowest BCUT2D eigenvalue weighted by Crippen LogP contribution is -1.96. The van der Waals surface area contributed by atoms with Gasteiger partial charge in [-0.15, -0.1) is 0 Å². The highest BCUT2D eigenvalue weighted by Gasteiger charge is 2.04. The first-order chi connectivity index (χ1) is 7.13. The average molecular weight is 219 g/mol. The minimum atomic E-state index is -2.21. The van der Waals surface area contributed by atoms with Crippen molar-refractivity contribution in [2.75, 3.05) is 13.3 Å². The zero-order valence-electron chi connectivity index (χ0n) is 8.81.